The number of hydroxylamine groups is 4. The van der Waals surface area contributed by atoms with Gasteiger partial charge in [-0.25, -0.2) is 41.9 Å². The first-order valence-corrected chi connectivity index (χ1v) is 34.3. The number of aryl methyl sites for hydroxylation is 5. The number of carbonyl (C=O) groups excluding carboxylic acids is 4. The van der Waals surface area contributed by atoms with Crippen LogP contribution in [0.15, 0.2) is 169 Å². The number of pyridine rings is 1. The number of ether oxygens (including phenoxy) is 1. The molecule has 0 unspecified atom stereocenters. The molecule has 0 spiro atoms. The first kappa shape index (κ1) is 77.1. The highest BCUT2D eigenvalue weighted by molar-refractivity contribution is 7.08. The van der Waals surface area contributed by atoms with Crippen LogP contribution in [0.5, 0.6) is 0 Å². The minimum Gasteiger partial charge on any atom is -0.396 e. The average Bonchev–Trinajstić information content (AvgIpc) is 1.66. The maximum atomic E-state index is 11.2. The summed E-state index contributed by atoms with van der Waals surface area (Å²) in [6.07, 6.45) is 17.9. The Labute approximate surface area is 594 Å². The number of aromatic nitrogens is 9. The van der Waals surface area contributed by atoms with E-state index in [9.17, 15) is 24.3 Å². The van der Waals surface area contributed by atoms with Crippen molar-refractivity contribution in [3.8, 4) is 11.4 Å². The van der Waals surface area contributed by atoms with Crippen molar-refractivity contribution in [1.82, 2.24) is 65.1 Å². The van der Waals surface area contributed by atoms with Gasteiger partial charge in [0, 0.05) is 112 Å². The molecule has 0 aliphatic heterocycles. The zero-order valence-electron chi connectivity index (χ0n) is 57.3. The van der Waals surface area contributed by atoms with Crippen LogP contribution in [-0.2, 0) is 82.6 Å². The summed E-state index contributed by atoms with van der Waals surface area (Å²) in [5.41, 5.74) is 20.2. The van der Waals surface area contributed by atoms with Crippen molar-refractivity contribution < 1.29 is 60.1 Å². The molecule has 11 rings (SSSR count). The van der Waals surface area contributed by atoms with Gasteiger partial charge in [0.05, 0.1) is 50.7 Å². The Balaban J connectivity index is 0.000000173. The second kappa shape index (κ2) is 40.0. The van der Waals surface area contributed by atoms with Gasteiger partial charge >= 0.3 is 0 Å². The van der Waals surface area contributed by atoms with Gasteiger partial charge in [0.15, 0.2) is 0 Å². The summed E-state index contributed by atoms with van der Waals surface area (Å²) in [6.45, 7) is 12.8. The first-order valence-electron chi connectivity index (χ1n) is 33.4. The highest BCUT2D eigenvalue weighted by Crippen LogP contribution is 2.29. The molecule has 11 aromatic rings. The van der Waals surface area contributed by atoms with Gasteiger partial charge in [0.25, 0.3) is 23.6 Å². The molecule has 26 heteroatoms. The van der Waals surface area contributed by atoms with Crippen LogP contribution in [-0.4, -0.2) is 123 Å². The van der Waals surface area contributed by atoms with Crippen LogP contribution in [0.2, 0.25) is 0 Å². The summed E-state index contributed by atoms with van der Waals surface area (Å²) in [5, 5.41) is 65.7. The van der Waals surface area contributed by atoms with Gasteiger partial charge < -0.3 is 38.3 Å². The number of aliphatic hydroxyl groups excluding tert-OH is 3. The molecule has 0 saturated carbocycles. The number of carbonyl (C=O) groups is 4. The lowest BCUT2D eigenvalue weighted by Crippen LogP contribution is -2.14. The number of nitrogens with one attached hydrogen (secondary N) is 4. The van der Waals surface area contributed by atoms with E-state index in [1.807, 2.05) is 149 Å². The maximum Gasteiger partial charge on any atom is 0.267 e. The third-order valence-electron chi connectivity index (χ3n) is 15.7. The molecule has 0 atom stereocenters. The van der Waals surface area contributed by atoms with Gasteiger partial charge in [-0.3, -0.25) is 45.0 Å². The molecule has 11 N–H and O–H groups in total. The summed E-state index contributed by atoms with van der Waals surface area (Å²) < 4.78 is 14.4. The summed E-state index contributed by atoms with van der Waals surface area (Å²) in [4.78, 5) is 67.8. The fourth-order valence-corrected chi connectivity index (χ4v) is 11.7. The van der Waals surface area contributed by atoms with E-state index in [1.165, 1.54) is 24.3 Å². The predicted octanol–water partition coefficient (Wildman–Crippen LogP) is 10.8. The van der Waals surface area contributed by atoms with Crippen molar-refractivity contribution in [1.29, 1.82) is 0 Å². The SMILES string of the molecule is CC(C)Cc1nc2cc(/C=C/C(=O)NO)ccc2n1CCCO.CC(C)Cc1nc2cc(/C=C/C(=O)NO)ccc2n1CCc1ccccn1.O=C(/C=C/c1ccc2c(c1)nc(-c1ccsc1)n2CCCO)NO.O=C(/C=C/c1ccc2c(c1)nc(COCc1ccccc1)n2CCCO)NO. The summed E-state index contributed by atoms with van der Waals surface area (Å²) in [6, 6.07) is 41.0. The zero-order valence-corrected chi connectivity index (χ0v) is 58.2. The number of benzene rings is 5. The second-order valence-corrected chi connectivity index (χ2v) is 25.1. The smallest absolute Gasteiger partial charge is 0.267 e. The molecule has 25 nitrogen and oxygen atoms in total. The van der Waals surface area contributed by atoms with Crippen molar-refractivity contribution in [2.24, 2.45) is 11.8 Å². The Bertz CT molecular complexity index is 4630. The lowest BCUT2D eigenvalue weighted by atomic mass is 10.1. The van der Waals surface area contributed by atoms with Crippen molar-refractivity contribution >= 4 is 103 Å². The standard InChI is InChI=1S/C21H24N4O2.C21H23N3O4.C17H17N3O3S.C17H23N3O3/c1-15(2)13-20-23-18-14-16(7-9-21(26)24-27)6-8-19(18)25(20)12-10-17-5-3-4-11-22-17;25-12-4-11-24-19-9-7-16(8-10-21(26)23-27)13-18(19)22-20(24)15-28-14-17-5-2-1-3-6-17;21-8-1-7-20-15-4-2-12(3-5-16(22)19-23)10-14(15)18-17(20)13-6-9-24-11-13;1-12(2)10-16-18-14-11-13(5-7-17(22)19-23)4-6-15(14)20(16)8-3-9-21/h3-9,11,14-15,27H,10,12-13H2,1-2H3,(H,24,26);1-3,5-10,13,25,27H,4,11-12,14-15H2,(H,23,26);2-6,9-11,21,23H,1,7-8H2,(H,19,22);4-7,11-12,21,23H,3,8-10H2,1-2H3,(H,19,22)/b9-7+;10-8+;5-3+;7-5+. The topological polar surface area (TPSA) is 351 Å². The van der Waals surface area contributed by atoms with E-state index in [0.29, 0.717) is 57.4 Å². The second-order valence-electron chi connectivity index (χ2n) is 24.3. The molecule has 0 fully saturated rings. The van der Waals surface area contributed by atoms with Crippen molar-refractivity contribution in [3.63, 3.8) is 0 Å². The highest BCUT2D eigenvalue weighted by Gasteiger charge is 2.17. The number of nitrogens with zero attached hydrogens (tertiary/aromatic N) is 9. The van der Waals surface area contributed by atoms with E-state index in [2.05, 4.69) is 51.4 Å². The number of rotatable bonds is 29. The Morgan fingerprint density at radius 3 is 1.27 bits per heavy atom. The van der Waals surface area contributed by atoms with Gasteiger partial charge in [0.1, 0.15) is 29.9 Å². The van der Waals surface area contributed by atoms with Crippen LogP contribution in [0.3, 0.4) is 0 Å². The number of fused-ring (bicyclic) bond motifs is 4. The van der Waals surface area contributed by atoms with Gasteiger partial charge in [-0.2, -0.15) is 11.3 Å². The van der Waals surface area contributed by atoms with Crippen LogP contribution >= 0.6 is 11.3 Å². The van der Waals surface area contributed by atoms with E-state index >= 15 is 0 Å². The molecule has 4 amide bonds. The molecule has 0 aliphatic rings. The molecule has 6 aromatic heterocycles. The molecule has 0 bridgehead atoms. The monoisotopic (exact) mass is 1410 g/mol. The molecule has 534 valence electrons. The average molecular weight is 1410 g/mol. The van der Waals surface area contributed by atoms with Crippen LogP contribution in [0.1, 0.15) is 97.9 Å². The fourth-order valence-electron chi connectivity index (χ4n) is 11.0. The van der Waals surface area contributed by atoms with Crippen LogP contribution < -0.4 is 21.9 Å². The Kier molecular flexibility index (Phi) is 30.2. The van der Waals surface area contributed by atoms with Gasteiger partial charge in [-0.15, -0.1) is 0 Å². The first-order chi connectivity index (χ1) is 49.5. The number of amides is 4. The number of imidazole rings is 4. The Morgan fingerprint density at radius 2 is 0.873 bits per heavy atom. The number of aliphatic hydroxyl groups is 3. The number of hydrogen-bond acceptors (Lipinski definition) is 18. The van der Waals surface area contributed by atoms with Crippen LogP contribution in [0.25, 0.3) is 79.8 Å². The van der Waals surface area contributed by atoms with E-state index in [1.54, 1.807) is 57.6 Å². The van der Waals surface area contributed by atoms with Crippen molar-refractivity contribution in [2.75, 3.05) is 19.8 Å². The summed E-state index contributed by atoms with van der Waals surface area (Å²) >= 11 is 1.61. The van der Waals surface area contributed by atoms with E-state index in [0.717, 1.165) is 139 Å². The van der Waals surface area contributed by atoms with Crippen molar-refractivity contribution in [3.05, 3.63) is 220 Å². The number of hydrogen-bond donors (Lipinski definition) is 11. The van der Waals surface area contributed by atoms with Crippen LogP contribution in [0, 0.1) is 11.8 Å². The largest absolute Gasteiger partial charge is 0.396 e. The fraction of sp³-hybridized carbons (Fsp3) is 0.276. The lowest BCUT2D eigenvalue weighted by Gasteiger charge is -2.10. The molecule has 0 aliphatic carbocycles. The normalized spacial score (nSPS) is 11.5. The third-order valence-corrected chi connectivity index (χ3v) is 16.4. The molecular weight excluding hydrogens is 1320 g/mol. The van der Waals surface area contributed by atoms with Crippen LogP contribution in [0.4, 0.5) is 0 Å². The van der Waals surface area contributed by atoms with Crippen molar-refractivity contribution in [2.45, 2.75) is 106 Å². The molecule has 5 aromatic carbocycles. The van der Waals surface area contributed by atoms with E-state index in [4.69, 9.17) is 50.7 Å². The summed E-state index contributed by atoms with van der Waals surface area (Å²) in [7, 11) is 0. The molecule has 6 heterocycles. The van der Waals surface area contributed by atoms with Gasteiger partial charge in [-0.1, -0.05) is 88.4 Å². The van der Waals surface area contributed by atoms with Gasteiger partial charge in [0.2, 0.25) is 0 Å². The van der Waals surface area contributed by atoms with E-state index < -0.39 is 23.6 Å². The van der Waals surface area contributed by atoms with E-state index in [-0.39, 0.29) is 19.8 Å². The quantitative estimate of drug-likeness (QED) is 0.0118. The number of thiophene rings is 1. The maximum absolute atomic E-state index is 11.2. The zero-order chi connectivity index (χ0) is 72.8. The molecule has 0 saturated heterocycles. The minimum atomic E-state index is -0.594. The Hall–Kier alpha value is -10.7. The van der Waals surface area contributed by atoms with Gasteiger partial charge in [-0.05, 0) is 155 Å². The third kappa shape index (κ3) is 22.7. The predicted molar refractivity (Wildman–Crippen MR) is 393 cm³/mol. The molecule has 102 heavy (non-hydrogen) atoms. The lowest BCUT2D eigenvalue weighted by molar-refractivity contribution is -0.124. The molecular formula is C76H87N13O12S. The molecule has 0 radical (unpaired) electrons. The summed E-state index contributed by atoms with van der Waals surface area (Å²) in [5.74, 6) is 2.42. The minimum absolute atomic E-state index is 0.0983. The highest BCUT2D eigenvalue weighted by atomic mass is 32.1. The Morgan fingerprint density at radius 1 is 0.471 bits per heavy atom.